The van der Waals surface area contributed by atoms with Crippen LogP contribution in [0.2, 0.25) is 0 Å². The molecule has 7 nitrogen and oxygen atoms in total. The van der Waals surface area contributed by atoms with E-state index in [2.05, 4.69) is 9.73 Å². The van der Waals surface area contributed by atoms with Crippen molar-refractivity contribution in [3.63, 3.8) is 0 Å². The second-order valence-electron chi connectivity index (χ2n) is 4.41. The first-order valence-corrected chi connectivity index (χ1v) is 5.84. The third kappa shape index (κ3) is 1.55. The molecule has 0 aliphatic carbocycles. The van der Waals surface area contributed by atoms with Crippen molar-refractivity contribution in [1.82, 2.24) is 0 Å². The molecule has 7 heteroatoms. The van der Waals surface area contributed by atoms with Crippen molar-refractivity contribution in [1.29, 1.82) is 0 Å². The topological polar surface area (TPSA) is 100 Å². The average Bonchev–Trinajstić information content (AvgIpc) is 2.81. The van der Waals surface area contributed by atoms with E-state index in [9.17, 15) is 9.59 Å². The summed E-state index contributed by atoms with van der Waals surface area (Å²) in [6.07, 6.45) is 0.409. The predicted octanol–water partition coefficient (Wildman–Crippen LogP) is -0.105. The SMILES string of the molecule is CCC12OC(N)(N=C1C)C(C(=O)OC)=C2C(=O)OC. The molecule has 2 aliphatic rings. The van der Waals surface area contributed by atoms with E-state index < -0.39 is 23.4 Å². The highest BCUT2D eigenvalue weighted by atomic mass is 16.6. The van der Waals surface area contributed by atoms with Crippen molar-refractivity contribution >= 4 is 17.7 Å². The molecule has 104 valence electrons. The molecule has 0 radical (unpaired) electrons. The van der Waals surface area contributed by atoms with Crippen LogP contribution >= 0.6 is 0 Å². The number of ether oxygens (including phenoxy) is 3. The Morgan fingerprint density at radius 2 is 1.79 bits per heavy atom. The molecule has 2 rings (SSSR count). The molecule has 0 amide bonds. The number of hydrogen-bond acceptors (Lipinski definition) is 7. The largest absolute Gasteiger partial charge is 0.466 e. The first-order chi connectivity index (χ1) is 8.86. The monoisotopic (exact) mass is 268 g/mol. The summed E-state index contributed by atoms with van der Waals surface area (Å²) in [7, 11) is 2.43. The van der Waals surface area contributed by atoms with Gasteiger partial charge in [0.15, 0.2) is 0 Å². The lowest BCUT2D eigenvalue weighted by atomic mass is 9.83. The van der Waals surface area contributed by atoms with E-state index >= 15 is 0 Å². The Morgan fingerprint density at radius 3 is 2.26 bits per heavy atom. The molecular weight excluding hydrogens is 252 g/mol. The third-order valence-corrected chi connectivity index (χ3v) is 3.54. The predicted molar refractivity (Wildman–Crippen MR) is 65.2 cm³/mol. The van der Waals surface area contributed by atoms with E-state index in [1.807, 2.05) is 6.92 Å². The summed E-state index contributed by atoms with van der Waals surface area (Å²) >= 11 is 0. The van der Waals surface area contributed by atoms with Crippen LogP contribution in [0.25, 0.3) is 0 Å². The molecule has 0 aromatic carbocycles. The number of nitrogens with two attached hydrogens (primary N) is 1. The van der Waals surface area contributed by atoms with Crippen LogP contribution in [0.15, 0.2) is 16.1 Å². The molecule has 19 heavy (non-hydrogen) atoms. The molecule has 0 saturated carbocycles. The van der Waals surface area contributed by atoms with E-state index in [1.165, 1.54) is 14.2 Å². The van der Waals surface area contributed by atoms with Gasteiger partial charge in [-0.1, -0.05) is 6.92 Å². The van der Waals surface area contributed by atoms with Gasteiger partial charge in [0.05, 0.1) is 25.5 Å². The summed E-state index contributed by atoms with van der Waals surface area (Å²) in [6, 6.07) is 0. The Bertz CT molecular complexity index is 524. The van der Waals surface area contributed by atoms with Gasteiger partial charge in [-0.25, -0.2) is 14.6 Å². The van der Waals surface area contributed by atoms with Crippen LogP contribution in [0, 0.1) is 0 Å². The van der Waals surface area contributed by atoms with E-state index in [0.29, 0.717) is 12.1 Å². The van der Waals surface area contributed by atoms with Crippen LogP contribution in [0.1, 0.15) is 20.3 Å². The zero-order valence-corrected chi connectivity index (χ0v) is 11.3. The molecule has 2 unspecified atom stereocenters. The zero-order valence-electron chi connectivity index (χ0n) is 11.3. The fourth-order valence-electron chi connectivity index (χ4n) is 2.65. The summed E-state index contributed by atoms with van der Waals surface area (Å²) < 4.78 is 15.1. The lowest BCUT2D eigenvalue weighted by molar-refractivity contribution is -0.139. The van der Waals surface area contributed by atoms with Crippen molar-refractivity contribution in [2.45, 2.75) is 31.7 Å². The highest BCUT2D eigenvalue weighted by molar-refractivity contribution is 6.14. The molecule has 0 saturated heterocycles. The average molecular weight is 268 g/mol. The Hall–Kier alpha value is -1.73. The number of rotatable bonds is 3. The molecule has 2 N–H and O–H groups in total. The first kappa shape index (κ1) is 13.7. The smallest absolute Gasteiger partial charge is 0.340 e. The summed E-state index contributed by atoms with van der Waals surface area (Å²) in [5, 5.41) is 0. The molecule has 0 aromatic heterocycles. The highest BCUT2D eigenvalue weighted by Gasteiger charge is 2.64. The molecular formula is C12H16N2O5. The van der Waals surface area contributed by atoms with Crippen molar-refractivity contribution < 1.29 is 23.8 Å². The van der Waals surface area contributed by atoms with Crippen LogP contribution in [0.3, 0.4) is 0 Å². The van der Waals surface area contributed by atoms with E-state index in [0.717, 1.165) is 0 Å². The van der Waals surface area contributed by atoms with Gasteiger partial charge in [0, 0.05) is 0 Å². The van der Waals surface area contributed by atoms with E-state index in [1.54, 1.807) is 6.92 Å². The van der Waals surface area contributed by atoms with Crippen molar-refractivity contribution in [3.8, 4) is 0 Å². The summed E-state index contributed by atoms with van der Waals surface area (Å²) in [5.74, 6) is -3.07. The lowest BCUT2D eigenvalue weighted by Crippen LogP contribution is -2.41. The van der Waals surface area contributed by atoms with Gasteiger partial charge in [-0.2, -0.15) is 0 Å². The van der Waals surface area contributed by atoms with Gasteiger partial charge in [0.1, 0.15) is 11.2 Å². The maximum atomic E-state index is 12.0. The summed E-state index contributed by atoms with van der Waals surface area (Å²) in [5.41, 5.74) is 5.41. The summed E-state index contributed by atoms with van der Waals surface area (Å²) in [6.45, 7) is 3.52. The summed E-state index contributed by atoms with van der Waals surface area (Å²) in [4.78, 5) is 28.1. The number of carbonyl (C=O) groups is 2. The number of fused-ring (bicyclic) bond motifs is 2. The van der Waals surface area contributed by atoms with E-state index in [4.69, 9.17) is 15.2 Å². The first-order valence-electron chi connectivity index (χ1n) is 5.84. The van der Waals surface area contributed by atoms with Crippen LogP contribution < -0.4 is 5.73 Å². The molecule has 2 heterocycles. The minimum atomic E-state index is -1.67. The fraction of sp³-hybridized carbons (Fsp3) is 0.583. The van der Waals surface area contributed by atoms with Gasteiger partial charge in [-0.3, -0.25) is 5.73 Å². The minimum absolute atomic E-state index is 0.0827. The highest BCUT2D eigenvalue weighted by Crippen LogP contribution is 2.49. The van der Waals surface area contributed by atoms with Crippen LogP contribution in [-0.4, -0.2) is 43.3 Å². The van der Waals surface area contributed by atoms with Gasteiger partial charge in [0.2, 0.25) is 5.85 Å². The molecule has 0 aromatic rings. The number of esters is 2. The van der Waals surface area contributed by atoms with Gasteiger partial charge >= 0.3 is 11.9 Å². The van der Waals surface area contributed by atoms with Gasteiger partial charge in [0.25, 0.3) is 0 Å². The van der Waals surface area contributed by atoms with Crippen LogP contribution in [0.5, 0.6) is 0 Å². The van der Waals surface area contributed by atoms with Gasteiger partial charge in [-0.05, 0) is 13.3 Å². The van der Waals surface area contributed by atoms with Crippen molar-refractivity contribution in [3.05, 3.63) is 11.1 Å². The molecule has 0 fully saturated rings. The number of carbonyl (C=O) groups excluding carboxylic acids is 2. The Morgan fingerprint density at radius 1 is 1.26 bits per heavy atom. The molecule has 0 spiro atoms. The van der Waals surface area contributed by atoms with Crippen molar-refractivity contribution in [2.24, 2.45) is 10.7 Å². The van der Waals surface area contributed by atoms with E-state index in [-0.39, 0.29) is 11.1 Å². The molecule has 2 bridgehead atoms. The number of methoxy groups -OCH3 is 2. The minimum Gasteiger partial charge on any atom is -0.466 e. The quantitative estimate of drug-likeness (QED) is 0.717. The number of dihydropyridines is 1. The standard InChI is InChI=1S/C12H16N2O5/c1-5-11-6(2)14-12(13,19-11)8(10(16)18-4)7(11)9(15)17-3/h5,13H2,1-4H3. The Kier molecular flexibility index (Phi) is 2.98. The maximum Gasteiger partial charge on any atom is 0.340 e. The number of hydrogen-bond donors (Lipinski definition) is 1. The zero-order chi connectivity index (χ0) is 14.4. The number of nitrogens with zero attached hydrogens (tertiary/aromatic N) is 1. The van der Waals surface area contributed by atoms with Crippen LogP contribution in [0.4, 0.5) is 0 Å². The van der Waals surface area contributed by atoms with Gasteiger partial charge in [-0.15, -0.1) is 0 Å². The normalized spacial score (nSPS) is 32.4. The molecule has 2 atom stereocenters. The molecule has 2 aliphatic heterocycles. The fourth-order valence-corrected chi connectivity index (χ4v) is 2.65. The van der Waals surface area contributed by atoms with Crippen molar-refractivity contribution in [2.75, 3.05) is 14.2 Å². The maximum absolute atomic E-state index is 12.0. The second kappa shape index (κ2) is 4.14. The number of aliphatic imine (C=N–C) groups is 1. The Balaban J connectivity index is 2.70. The van der Waals surface area contributed by atoms with Crippen LogP contribution in [-0.2, 0) is 23.8 Å². The second-order valence-corrected chi connectivity index (χ2v) is 4.41. The lowest BCUT2D eigenvalue weighted by Gasteiger charge is -2.25. The van der Waals surface area contributed by atoms with Gasteiger partial charge < -0.3 is 14.2 Å². The third-order valence-electron chi connectivity index (χ3n) is 3.54. The Labute approximate surface area is 110 Å².